The lowest BCUT2D eigenvalue weighted by Gasteiger charge is -2.46. The number of hydrogen-bond acceptors (Lipinski definition) is 3. The highest BCUT2D eigenvalue weighted by molar-refractivity contribution is 5.82. The van der Waals surface area contributed by atoms with Crippen molar-refractivity contribution in [1.82, 2.24) is 4.90 Å². The number of amides is 1. The predicted molar refractivity (Wildman–Crippen MR) is 76.3 cm³/mol. The zero-order valence-electron chi connectivity index (χ0n) is 13.1. The summed E-state index contributed by atoms with van der Waals surface area (Å²) >= 11 is 0. The monoisotopic (exact) mass is 285 g/mol. The first-order chi connectivity index (χ1) is 9.31. The fourth-order valence-electron chi connectivity index (χ4n) is 3.15. The Morgan fingerprint density at radius 1 is 1.45 bits per heavy atom. The van der Waals surface area contributed by atoms with Gasteiger partial charge < -0.3 is 14.7 Å². The number of ether oxygens (including phenoxy) is 1. The van der Waals surface area contributed by atoms with E-state index in [2.05, 4.69) is 0 Å². The molecule has 1 heterocycles. The summed E-state index contributed by atoms with van der Waals surface area (Å²) in [5, 5.41) is 9.41. The Labute approximate surface area is 121 Å². The maximum atomic E-state index is 12.4. The van der Waals surface area contributed by atoms with E-state index in [1.807, 2.05) is 34.6 Å². The Kier molecular flexibility index (Phi) is 5.99. The molecule has 1 aliphatic rings. The number of hydrogen-bond donors (Lipinski definition) is 1. The summed E-state index contributed by atoms with van der Waals surface area (Å²) in [6.45, 7) is 10.7. The van der Waals surface area contributed by atoms with Crippen molar-refractivity contribution in [2.45, 2.75) is 53.1 Å². The zero-order valence-corrected chi connectivity index (χ0v) is 13.1. The van der Waals surface area contributed by atoms with Crippen molar-refractivity contribution in [3.8, 4) is 0 Å². The maximum Gasteiger partial charge on any atom is 0.308 e. The first-order valence-corrected chi connectivity index (χ1v) is 7.42. The van der Waals surface area contributed by atoms with Gasteiger partial charge in [-0.25, -0.2) is 0 Å². The molecule has 0 radical (unpaired) electrons. The van der Waals surface area contributed by atoms with Crippen LogP contribution in [-0.2, 0) is 14.3 Å². The molecule has 0 aromatic heterocycles. The second kappa shape index (κ2) is 7.07. The lowest BCUT2D eigenvalue weighted by Crippen LogP contribution is -2.58. The average Bonchev–Trinajstić information content (AvgIpc) is 2.31. The van der Waals surface area contributed by atoms with E-state index >= 15 is 0 Å². The smallest absolute Gasteiger partial charge is 0.308 e. The third-order valence-electron chi connectivity index (χ3n) is 4.26. The van der Waals surface area contributed by atoms with Crippen LogP contribution in [0.1, 0.15) is 41.0 Å². The molecule has 0 spiro atoms. The molecule has 0 bridgehead atoms. The summed E-state index contributed by atoms with van der Waals surface area (Å²) in [7, 11) is 0. The second-order valence-electron chi connectivity index (χ2n) is 6.06. The molecule has 5 nitrogen and oxygen atoms in total. The molecule has 0 saturated carbocycles. The minimum atomic E-state index is -0.818. The number of carboxylic acids is 1. The quantitative estimate of drug-likeness (QED) is 0.810. The lowest BCUT2D eigenvalue weighted by atomic mass is 9.79. The van der Waals surface area contributed by atoms with E-state index in [1.54, 1.807) is 4.90 Å². The third-order valence-corrected chi connectivity index (χ3v) is 4.26. The molecule has 4 atom stereocenters. The third kappa shape index (κ3) is 3.51. The normalized spacial score (nSPS) is 28.8. The molecule has 20 heavy (non-hydrogen) atoms. The van der Waals surface area contributed by atoms with Crippen molar-refractivity contribution in [1.29, 1.82) is 0 Å². The van der Waals surface area contributed by atoms with Gasteiger partial charge in [-0.3, -0.25) is 9.59 Å². The number of aliphatic carboxylic acids is 1. The maximum absolute atomic E-state index is 12.4. The Hall–Kier alpha value is -1.10. The van der Waals surface area contributed by atoms with Crippen LogP contribution in [0.3, 0.4) is 0 Å². The van der Waals surface area contributed by atoms with Gasteiger partial charge in [0.25, 0.3) is 0 Å². The molecule has 116 valence electrons. The molecule has 1 rings (SSSR count). The van der Waals surface area contributed by atoms with Gasteiger partial charge in [0, 0.05) is 19.1 Å². The van der Waals surface area contributed by atoms with E-state index in [-0.39, 0.29) is 29.8 Å². The second-order valence-corrected chi connectivity index (χ2v) is 6.06. The highest BCUT2D eigenvalue weighted by Crippen LogP contribution is 2.33. The Balaban J connectivity index is 2.99. The van der Waals surface area contributed by atoms with E-state index in [4.69, 9.17) is 4.74 Å². The summed E-state index contributed by atoms with van der Waals surface area (Å²) in [6, 6.07) is -0.358. The van der Waals surface area contributed by atoms with Gasteiger partial charge in [0.05, 0.1) is 18.6 Å². The van der Waals surface area contributed by atoms with Gasteiger partial charge in [-0.15, -0.1) is 0 Å². The van der Waals surface area contributed by atoms with Crippen LogP contribution in [0.2, 0.25) is 0 Å². The largest absolute Gasteiger partial charge is 0.481 e. The SMILES string of the molecule is CCOCC(C(C)C)N1C(=O)CC(C)C(C(=O)O)C1C. The topological polar surface area (TPSA) is 66.8 Å². The highest BCUT2D eigenvalue weighted by Gasteiger charge is 2.44. The van der Waals surface area contributed by atoms with E-state index in [9.17, 15) is 14.7 Å². The van der Waals surface area contributed by atoms with Gasteiger partial charge in [0.15, 0.2) is 0 Å². The lowest BCUT2D eigenvalue weighted by molar-refractivity contribution is -0.159. The Morgan fingerprint density at radius 3 is 2.50 bits per heavy atom. The average molecular weight is 285 g/mol. The van der Waals surface area contributed by atoms with E-state index in [0.717, 1.165) is 0 Å². The fraction of sp³-hybridized carbons (Fsp3) is 0.867. The van der Waals surface area contributed by atoms with Crippen molar-refractivity contribution >= 4 is 11.9 Å². The van der Waals surface area contributed by atoms with Crippen LogP contribution in [0.5, 0.6) is 0 Å². The van der Waals surface area contributed by atoms with Crippen molar-refractivity contribution in [3.63, 3.8) is 0 Å². The molecule has 1 fully saturated rings. The van der Waals surface area contributed by atoms with Gasteiger partial charge in [-0.1, -0.05) is 20.8 Å². The molecule has 1 N–H and O–H groups in total. The number of likely N-dealkylation sites (tertiary alicyclic amines) is 1. The molecule has 1 saturated heterocycles. The molecule has 0 aromatic rings. The number of nitrogens with zero attached hydrogens (tertiary/aromatic N) is 1. The minimum absolute atomic E-state index is 0.0425. The van der Waals surface area contributed by atoms with Crippen molar-refractivity contribution < 1.29 is 19.4 Å². The predicted octanol–water partition coefficient (Wildman–Crippen LogP) is 2.01. The molecular weight excluding hydrogens is 258 g/mol. The number of rotatable bonds is 6. The summed E-state index contributed by atoms with van der Waals surface area (Å²) in [5.41, 5.74) is 0. The van der Waals surface area contributed by atoms with Crippen LogP contribution in [0, 0.1) is 17.8 Å². The summed E-state index contributed by atoms with van der Waals surface area (Å²) in [5.74, 6) is -1.17. The van der Waals surface area contributed by atoms with Gasteiger partial charge in [0.2, 0.25) is 5.91 Å². The van der Waals surface area contributed by atoms with Gasteiger partial charge in [-0.2, -0.15) is 0 Å². The molecule has 0 aromatic carbocycles. The number of piperidine rings is 1. The van der Waals surface area contributed by atoms with Crippen LogP contribution in [-0.4, -0.2) is 47.2 Å². The standard InChI is InChI=1S/C15H27NO4/c1-6-20-8-12(9(2)3)16-11(5)14(15(18)19)10(4)7-13(16)17/h9-12,14H,6-8H2,1-5H3,(H,18,19). The van der Waals surface area contributed by atoms with Crippen LogP contribution in [0.15, 0.2) is 0 Å². The van der Waals surface area contributed by atoms with Gasteiger partial charge >= 0.3 is 5.97 Å². The number of carboxylic acid groups (broad SMARTS) is 1. The molecule has 5 heteroatoms. The van der Waals surface area contributed by atoms with E-state index in [0.29, 0.717) is 19.6 Å². The zero-order chi connectivity index (χ0) is 15.4. The van der Waals surface area contributed by atoms with Crippen molar-refractivity contribution in [2.24, 2.45) is 17.8 Å². The van der Waals surface area contributed by atoms with E-state index < -0.39 is 11.9 Å². The summed E-state index contributed by atoms with van der Waals surface area (Å²) in [6.07, 6.45) is 0.302. The van der Waals surface area contributed by atoms with Gasteiger partial charge in [0.1, 0.15) is 0 Å². The molecule has 4 unspecified atom stereocenters. The fourth-order valence-corrected chi connectivity index (χ4v) is 3.15. The van der Waals surface area contributed by atoms with E-state index in [1.165, 1.54) is 0 Å². The molecule has 1 aliphatic heterocycles. The number of carbonyl (C=O) groups is 2. The van der Waals surface area contributed by atoms with Crippen molar-refractivity contribution in [2.75, 3.05) is 13.2 Å². The van der Waals surface area contributed by atoms with Crippen LogP contribution >= 0.6 is 0 Å². The Morgan fingerprint density at radius 2 is 2.05 bits per heavy atom. The van der Waals surface area contributed by atoms with Crippen LogP contribution in [0.25, 0.3) is 0 Å². The molecule has 0 aliphatic carbocycles. The van der Waals surface area contributed by atoms with Crippen LogP contribution < -0.4 is 0 Å². The highest BCUT2D eigenvalue weighted by atomic mass is 16.5. The molecule has 1 amide bonds. The Bertz CT molecular complexity index is 356. The summed E-state index contributed by atoms with van der Waals surface area (Å²) in [4.78, 5) is 25.6. The van der Waals surface area contributed by atoms with Crippen LogP contribution in [0.4, 0.5) is 0 Å². The molecular formula is C15H27NO4. The van der Waals surface area contributed by atoms with Crippen molar-refractivity contribution in [3.05, 3.63) is 0 Å². The number of carbonyl (C=O) groups excluding carboxylic acids is 1. The first kappa shape index (κ1) is 17.0. The first-order valence-electron chi connectivity index (χ1n) is 7.42. The summed E-state index contributed by atoms with van der Waals surface area (Å²) < 4.78 is 5.49. The minimum Gasteiger partial charge on any atom is -0.481 e. The van der Waals surface area contributed by atoms with Gasteiger partial charge in [-0.05, 0) is 25.7 Å².